The van der Waals surface area contributed by atoms with Crippen molar-refractivity contribution in [2.75, 3.05) is 40.5 Å². The van der Waals surface area contributed by atoms with Gasteiger partial charge in [-0.25, -0.2) is 0 Å². The molecule has 0 bridgehead atoms. The molecule has 0 radical (unpaired) electrons. The number of methoxy groups -OCH3 is 2. The van der Waals surface area contributed by atoms with Crippen molar-refractivity contribution in [3.05, 3.63) is 89.5 Å². The maximum absolute atomic E-state index is 13.0. The van der Waals surface area contributed by atoms with Gasteiger partial charge in [-0.15, -0.1) is 0 Å². The van der Waals surface area contributed by atoms with E-state index in [1.165, 1.54) is 19.3 Å². The molecular formula is C32H35NO5. The molecule has 2 atom stereocenters. The zero-order valence-electron chi connectivity index (χ0n) is 22.1. The number of carbonyl (C=O) groups excluding carboxylic acids is 1. The van der Waals surface area contributed by atoms with Gasteiger partial charge in [0.1, 0.15) is 29.6 Å². The third-order valence-electron chi connectivity index (χ3n) is 7.47. The van der Waals surface area contributed by atoms with Gasteiger partial charge in [0.2, 0.25) is 0 Å². The first-order valence-electron chi connectivity index (χ1n) is 13.3. The summed E-state index contributed by atoms with van der Waals surface area (Å²) in [4.78, 5) is 15.5. The lowest BCUT2D eigenvalue weighted by atomic mass is 9.72. The molecule has 1 aliphatic carbocycles. The number of rotatable bonds is 10. The first-order chi connectivity index (χ1) is 18.6. The lowest BCUT2D eigenvalue weighted by Crippen LogP contribution is -2.42. The second-order valence-electron chi connectivity index (χ2n) is 9.80. The molecule has 0 N–H and O–H groups in total. The monoisotopic (exact) mass is 513 g/mol. The van der Waals surface area contributed by atoms with E-state index in [-0.39, 0.29) is 5.92 Å². The lowest BCUT2D eigenvalue weighted by molar-refractivity contribution is -0.123. The van der Waals surface area contributed by atoms with Crippen LogP contribution in [0.5, 0.6) is 23.0 Å². The highest BCUT2D eigenvalue weighted by atomic mass is 16.5. The van der Waals surface area contributed by atoms with Gasteiger partial charge < -0.3 is 18.9 Å². The van der Waals surface area contributed by atoms with E-state index in [2.05, 4.69) is 4.90 Å². The maximum atomic E-state index is 13.0. The van der Waals surface area contributed by atoms with Crippen LogP contribution in [0.25, 0.3) is 6.08 Å². The summed E-state index contributed by atoms with van der Waals surface area (Å²) in [6.45, 7) is 3.89. The summed E-state index contributed by atoms with van der Waals surface area (Å²) in [6, 6.07) is 21.0. The molecule has 0 aromatic heterocycles. The van der Waals surface area contributed by atoms with Crippen molar-refractivity contribution >= 4 is 12.4 Å². The van der Waals surface area contributed by atoms with Gasteiger partial charge in [-0.05, 0) is 85.6 Å². The molecule has 1 saturated heterocycles. The van der Waals surface area contributed by atoms with Crippen molar-refractivity contribution in [1.82, 2.24) is 4.90 Å². The minimum atomic E-state index is -1.28. The summed E-state index contributed by atoms with van der Waals surface area (Å²) in [5.41, 5.74) is 1.31. The van der Waals surface area contributed by atoms with Gasteiger partial charge in [0, 0.05) is 12.1 Å². The Kier molecular flexibility index (Phi) is 7.99. The zero-order valence-corrected chi connectivity index (χ0v) is 22.1. The Morgan fingerprint density at radius 1 is 0.868 bits per heavy atom. The number of hydrogen-bond acceptors (Lipinski definition) is 6. The van der Waals surface area contributed by atoms with E-state index in [9.17, 15) is 4.79 Å². The van der Waals surface area contributed by atoms with E-state index in [4.69, 9.17) is 18.9 Å². The first kappa shape index (κ1) is 25.9. The molecule has 0 spiro atoms. The quantitative estimate of drug-likeness (QED) is 0.317. The number of hydrogen-bond donors (Lipinski definition) is 0. The molecule has 3 aromatic carbocycles. The van der Waals surface area contributed by atoms with Gasteiger partial charge in [0.15, 0.2) is 11.9 Å². The summed E-state index contributed by atoms with van der Waals surface area (Å²) in [5, 5.41) is 0. The molecule has 1 heterocycles. The predicted octanol–water partition coefficient (Wildman–Crippen LogP) is 5.85. The van der Waals surface area contributed by atoms with E-state index in [0.717, 1.165) is 59.9 Å². The standard InChI is InChI=1S/C32H35NO5/c1-35-28-8-6-7-24(21-28)30-15-9-25-22-29(36-2)14-16-31(25)32(30,23-34)38-27-12-10-26(11-13-27)37-20-19-33-17-4-3-5-18-33/h6-16,21-23,30H,3-5,17-20H2,1-2H3. The highest BCUT2D eigenvalue weighted by molar-refractivity contribution is 5.78. The predicted molar refractivity (Wildman–Crippen MR) is 148 cm³/mol. The third-order valence-corrected chi connectivity index (χ3v) is 7.47. The molecule has 6 nitrogen and oxygen atoms in total. The van der Waals surface area contributed by atoms with Crippen LogP contribution < -0.4 is 18.9 Å². The van der Waals surface area contributed by atoms with Gasteiger partial charge in [0.05, 0.1) is 20.1 Å². The van der Waals surface area contributed by atoms with Gasteiger partial charge in [0.25, 0.3) is 0 Å². The van der Waals surface area contributed by atoms with Crippen LogP contribution in [0.1, 0.15) is 41.9 Å². The summed E-state index contributed by atoms with van der Waals surface area (Å²) in [7, 11) is 3.27. The normalized spacial score (nSPS) is 20.8. The van der Waals surface area contributed by atoms with E-state index in [1.54, 1.807) is 14.2 Å². The summed E-state index contributed by atoms with van der Waals surface area (Å²) in [6.07, 6.45) is 8.82. The minimum Gasteiger partial charge on any atom is -0.497 e. The second kappa shape index (κ2) is 11.7. The largest absolute Gasteiger partial charge is 0.497 e. The first-order valence-corrected chi connectivity index (χ1v) is 13.3. The Hall–Kier alpha value is -3.77. The van der Waals surface area contributed by atoms with Crippen molar-refractivity contribution in [2.24, 2.45) is 0 Å². The maximum Gasteiger partial charge on any atom is 0.199 e. The van der Waals surface area contributed by atoms with Crippen molar-refractivity contribution in [3.8, 4) is 23.0 Å². The fraction of sp³-hybridized carbons (Fsp3) is 0.344. The van der Waals surface area contributed by atoms with Crippen molar-refractivity contribution in [2.45, 2.75) is 30.8 Å². The molecule has 0 amide bonds. The molecule has 3 aromatic rings. The molecule has 2 aliphatic rings. The smallest absolute Gasteiger partial charge is 0.199 e. The van der Waals surface area contributed by atoms with Gasteiger partial charge in [-0.3, -0.25) is 9.69 Å². The number of nitrogens with zero attached hydrogens (tertiary/aromatic N) is 1. The summed E-state index contributed by atoms with van der Waals surface area (Å²) < 4.78 is 23.5. The van der Waals surface area contributed by atoms with Gasteiger partial charge >= 0.3 is 0 Å². The van der Waals surface area contributed by atoms with Crippen molar-refractivity contribution in [1.29, 1.82) is 0 Å². The highest BCUT2D eigenvalue weighted by Crippen LogP contribution is 2.47. The van der Waals surface area contributed by atoms with E-state index in [1.807, 2.05) is 78.9 Å². The lowest BCUT2D eigenvalue weighted by Gasteiger charge is -2.39. The molecule has 1 fully saturated rings. The Morgan fingerprint density at radius 2 is 1.58 bits per heavy atom. The number of likely N-dealkylation sites (tertiary alicyclic amines) is 1. The van der Waals surface area contributed by atoms with E-state index in [0.29, 0.717) is 12.4 Å². The Morgan fingerprint density at radius 3 is 2.32 bits per heavy atom. The number of aldehydes is 1. The summed E-state index contributed by atoms with van der Waals surface area (Å²) >= 11 is 0. The number of piperidine rings is 1. The fourth-order valence-corrected chi connectivity index (χ4v) is 5.42. The van der Waals surface area contributed by atoms with Crippen molar-refractivity contribution < 1.29 is 23.7 Å². The Bertz CT molecular complexity index is 1270. The number of carbonyl (C=O) groups is 1. The molecule has 5 rings (SSSR count). The molecule has 2 unspecified atom stereocenters. The van der Waals surface area contributed by atoms with E-state index < -0.39 is 5.60 Å². The van der Waals surface area contributed by atoms with Crippen LogP contribution in [-0.4, -0.2) is 51.6 Å². The van der Waals surface area contributed by atoms with Gasteiger partial charge in [-0.2, -0.15) is 0 Å². The molecular weight excluding hydrogens is 478 g/mol. The topological polar surface area (TPSA) is 57.2 Å². The van der Waals surface area contributed by atoms with Crippen LogP contribution in [0, 0.1) is 0 Å². The molecule has 198 valence electrons. The Balaban J connectivity index is 1.41. The number of fused-ring (bicyclic) bond motifs is 1. The zero-order chi connectivity index (χ0) is 26.4. The number of benzene rings is 3. The molecule has 1 aliphatic heterocycles. The molecule has 0 saturated carbocycles. The van der Waals surface area contributed by atoms with Crippen molar-refractivity contribution in [3.63, 3.8) is 0 Å². The van der Waals surface area contributed by atoms with Crippen LogP contribution in [0.4, 0.5) is 0 Å². The van der Waals surface area contributed by atoms with Crippen LogP contribution in [-0.2, 0) is 10.4 Å². The van der Waals surface area contributed by atoms with Crippen LogP contribution in [0.3, 0.4) is 0 Å². The van der Waals surface area contributed by atoms with Crippen LogP contribution in [0.2, 0.25) is 0 Å². The Labute approximate surface area is 224 Å². The van der Waals surface area contributed by atoms with Crippen LogP contribution in [0.15, 0.2) is 72.8 Å². The second-order valence-corrected chi connectivity index (χ2v) is 9.80. The third kappa shape index (κ3) is 5.41. The molecule has 38 heavy (non-hydrogen) atoms. The highest BCUT2D eigenvalue weighted by Gasteiger charge is 2.46. The van der Waals surface area contributed by atoms with Gasteiger partial charge in [-0.1, -0.05) is 36.8 Å². The SMILES string of the molecule is COc1cccc(C2C=Cc3cc(OC)ccc3C2(C=O)Oc2ccc(OCCN3CCCCC3)cc2)c1. The average molecular weight is 514 g/mol. The minimum absolute atomic E-state index is 0.364. The van der Waals surface area contributed by atoms with E-state index >= 15 is 0 Å². The van der Waals surface area contributed by atoms with Crippen LogP contribution >= 0.6 is 0 Å². The number of ether oxygens (including phenoxy) is 4. The average Bonchev–Trinajstić information content (AvgIpc) is 2.98. The molecule has 6 heteroatoms. The summed E-state index contributed by atoms with van der Waals surface area (Å²) in [5.74, 6) is 2.45. The fourth-order valence-electron chi connectivity index (χ4n) is 5.42.